The molecule has 0 radical (unpaired) electrons. The number of hydrogen-bond donors (Lipinski definition) is 0. The van der Waals surface area contributed by atoms with Crippen LogP contribution in [0.25, 0.3) is 6.08 Å². The number of nitrogens with zero attached hydrogens (tertiary/aromatic N) is 4. The second-order valence-electron chi connectivity index (χ2n) is 10.6. The van der Waals surface area contributed by atoms with Gasteiger partial charge >= 0.3 is 0 Å². The molecule has 5 rings (SSSR count). The predicted octanol–water partition coefficient (Wildman–Crippen LogP) is 6.46. The maximum absolute atomic E-state index is 2.28. The molecule has 0 saturated carbocycles. The first-order valence-electron chi connectivity index (χ1n) is 12.8. The maximum Gasteiger partial charge on any atom is 0.169 e. The predicted molar refractivity (Wildman–Crippen MR) is 157 cm³/mol. The minimum Gasteiger partial charge on any atom is -0.338 e. The number of quaternary nitrogens is 1. The summed E-state index contributed by atoms with van der Waals surface area (Å²) in [5.74, 6) is 0. The molecule has 2 aromatic carbocycles. The molecule has 5 heteroatoms. The molecule has 2 aliphatic rings. The average Bonchev–Trinajstić information content (AvgIpc) is 3.20. The number of aryl methyl sites for hydroxylation is 1. The van der Waals surface area contributed by atoms with E-state index < -0.39 is 0 Å². The van der Waals surface area contributed by atoms with Gasteiger partial charge in [-0.1, -0.05) is 42.1 Å². The molecular formula is C32H36N4S+2. The van der Waals surface area contributed by atoms with Crippen LogP contribution in [0.4, 0.5) is 11.4 Å². The Hall–Kier alpha value is -3.54. The van der Waals surface area contributed by atoms with E-state index in [1.165, 1.54) is 33.3 Å². The fraction of sp³-hybridized carbons (Fsp3) is 0.219. The highest BCUT2D eigenvalue weighted by atomic mass is 32.2. The third kappa shape index (κ3) is 6.24. The average molecular weight is 509 g/mol. The number of allylic oxidation sites excluding steroid dienone is 4. The molecule has 0 bridgehead atoms. The smallest absolute Gasteiger partial charge is 0.169 e. The van der Waals surface area contributed by atoms with Crippen LogP contribution in [-0.4, -0.2) is 39.2 Å². The zero-order valence-corrected chi connectivity index (χ0v) is 23.0. The van der Waals surface area contributed by atoms with Gasteiger partial charge in [-0.3, -0.25) is 0 Å². The number of pyridine rings is 1. The molecule has 0 fully saturated rings. The van der Waals surface area contributed by atoms with E-state index in [9.17, 15) is 0 Å². The van der Waals surface area contributed by atoms with Gasteiger partial charge < -0.3 is 14.3 Å². The maximum atomic E-state index is 2.28. The zero-order chi connectivity index (χ0) is 25.8. The van der Waals surface area contributed by atoms with Crippen molar-refractivity contribution in [3.8, 4) is 0 Å². The molecule has 0 aliphatic carbocycles. The van der Waals surface area contributed by atoms with Gasteiger partial charge in [-0.15, -0.1) is 0 Å². The van der Waals surface area contributed by atoms with Crippen LogP contribution in [-0.2, 0) is 6.54 Å². The first kappa shape index (κ1) is 25.1. The fourth-order valence-electron chi connectivity index (χ4n) is 4.56. The highest BCUT2D eigenvalue weighted by Crippen LogP contribution is 2.45. The van der Waals surface area contributed by atoms with Gasteiger partial charge in [0.1, 0.15) is 0 Å². The molecule has 37 heavy (non-hydrogen) atoms. The molecule has 0 atom stereocenters. The Morgan fingerprint density at radius 3 is 2.35 bits per heavy atom. The van der Waals surface area contributed by atoms with E-state index in [0.29, 0.717) is 0 Å². The Kier molecular flexibility index (Phi) is 7.36. The van der Waals surface area contributed by atoms with Crippen LogP contribution in [0.15, 0.2) is 125 Å². The number of para-hydroxylation sites is 2. The fourth-order valence-corrected chi connectivity index (χ4v) is 5.67. The van der Waals surface area contributed by atoms with E-state index in [1.54, 1.807) is 0 Å². The topological polar surface area (TPSA) is 10.4 Å². The Labute approximate surface area is 225 Å². The zero-order valence-electron chi connectivity index (χ0n) is 22.2. The number of hydrogen-bond acceptors (Lipinski definition) is 3. The SMILES string of the molecule is CN1/C(=C/C2=CC(=C\c3cc[n+](CCC[N+](C)(C)C)cc3)/N(c3ccccc3)C=C2)Sc2ccccc21. The molecule has 4 nitrogen and oxygen atoms in total. The van der Waals surface area contributed by atoms with Gasteiger partial charge in [0.25, 0.3) is 0 Å². The van der Waals surface area contributed by atoms with E-state index in [2.05, 4.69) is 152 Å². The summed E-state index contributed by atoms with van der Waals surface area (Å²) in [5.41, 5.74) is 5.94. The Bertz CT molecular complexity index is 1360. The number of thioether (sulfide) groups is 1. The van der Waals surface area contributed by atoms with E-state index >= 15 is 0 Å². The highest BCUT2D eigenvalue weighted by Gasteiger charge is 2.22. The monoisotopic (exact) mass is 508 g/mol. The standard InChI is InChI=1S/C32H36N4S/c1-33-30-13-8-9-14-31(30)37-32(33)25-27-17-21-35(28-11-6-5-7-12-28)29(24-27)23-26-15-19-34(20-16-26)18-10-22-36(2,3)4/h5-9,11-17,19-21,23-25H,10,18,22H2,1-4H3/q+2. The van der Waals surface area contributed by atoms with Crippen LogP contribution in [0.1, 0.15) is 12.0 Å². The quantitative estimate of drug-likeness (QED) is 0.268. The first-order chi connectivity index (χ1) is 17.9. The number of rotatable bonds is 7. The number of aromatic nitrogens is 1. The normalized spacial score (nSPS) is 17.5. The Morgan fingerprint density at radius 1 is 0.892 bits per heavy atom. The van der Waals surface area contributed by atoms with E-state index in [-0.39, 0.29) is 0 Å². The third-order valence-corrected chi connectivity index (χ3v) is 7.75. The molecule has 0 saturated heterocycles. The van der Waals surface area contributed by atoms with Crippen LogP contribution in [0.5, 0.6) is 0 Å². The molecule has 0 amide bonds. The molecule has 3 heterocycles. The van der Waals surface area contributed by atoms with Crippen molar-refractivity contribution in [1.29, 1.82) is 0 Å². The summed E-state index contributed by atoms with van der Waals surface area (Å²) < 4.78 is 3.28. The molecule has 188 valence electrons. The lowest BCUT2D eigenvalue weighted by Gasteiger charge is -2.26. The summed E-state index contributed by atoms with van der Waals surface area (Å²) in [4.78, 5) is 5.83. The largest absolute Gasteiger partial charge is 0.338 e. The minimum atomic E-state index is 0.999. The van der Waals surface area contributed by atoms with E-state index in [1.807, 2.05) is 11.8 Å². The van der Waals surface area contributed by atoms with Gasteiger partial charge in [0.15, 0.2) is 18.9 Å². The van der Waals surface area contributed by atoms with Gasteiger partial charge in [-0.25, -0.2) is 4.57 Å². The minimum absolute atomic E-state index is 0.999. The van der Waals surface area contributed by atoms with Gasteiger partial charge in [-0.2, -0.15) is 0 Å². The van der Waals surface area contributed by atoms with Crippen molar-refractivity contribution in [1.82, 2.24) is 0 Å². The van der Waals surface area contributed by atoms with Crippen LogP contribution in [0, 0.1) is 0 Å². The lowest BCUT2D eigenvalue weighted by atomic mass is 10.1. The molecule has 1 aromatic heterocycles. The summed E-state index contributed by atoms with van der Waals surface area (Å²) in [6.07, 6.45) is 16.8. The van der Waals surface area contributed by atoms with Crippen molar-refractivity contribution in [2.45, 2.75) is 17.9 Å². The molecule has 0 spiro atoms. The number of anilines is 2. The molecule has 2 aliphatic heterocycles. The summed E-state index contributed by atoms with van der Waals surface area (Å²) in [6.45, 7) is 2.20. The van der Waals surface area contributed by atoms with Gasteiger partial charge in [0, 0.05) is 41.7 Å². The molecule has 0 N–H and O–H groups in total. The second kappa shape index (κ2) is 10.8. The van der Waals surface area contributed by atoms with Crippen LogP contribution < -0.4 is 14.4 Å². The van der Waals surface area contributed by atoms with Gasteiger partial charge in [0.05, 0.1) is 44.8 Å². The molecule has 3 aromatic rings. The van der Waals surface area contributed by atoms with Gasteiger partial charge in [-0.05, 0) is 59.7 Å². The van der Waals surface area contributed by atoms with Crippen molar-refractivity contribution in [3.63, 3.8) is 0 Å². The summed E-state index contributed by atoms with van der Waals surface area (Å²) in [6, 6.07) is 23.5. The third-order valence-electron chi connectivity index (χ3n) is 6.58. The van der Waals surface area contributed by atoms with Crippen molar-refractivity contribution < 1.29 is 9.05 Å². The Balaban J connectivity index is 1.40. The van der Waals surface area contributed by atoms with Crippen LogP contribution >= 0.6 is 11.8 Å². The summed E-state index contributed by atoms with van der Waals surface area (Å²) in [5, 5.41) is 1.24. The Morgan fingerprint density at radius 2 is 1.62 bits per heavy atom. The first-order valence-corrected chi connectivity index (χ1v) is 13.7. The lowest BCUT2D eigenvalue weighted by molar-refractivity contribution is -0.873. The van der Waals surface area contributed by atoms with Crippen molar-refractivity contribution >= 4 is 29.2 Å². The summed E-state index contributed by atoms with van der Waals surface area (Å²) >= 11 is 1.83. The van der Waals surface area contributed by atoms with Crippen LogP contribution in [0.2, 0.25) is 0 Å². The van der Waals surface area contributed by atoms with E-state index in [4.69, 9.17) is 0 Å². The molecular weight excluding hydrogens is 472 g/mol. The van der Waals surface area contributed by atoms with Crippen molar-refractivity contribution in [3.05, 3.63) is 125 Å². The highest BCUT2D eigenvalue weighted by molar-refractivity contribution is 8.03. The molecule has 0 unspecified atom stereocenters. The number of fused-ring (bicyclic) bond motifs is 1. The van der Waals surface area contributed by atoms with E-state index in [0.717, 1.165) is 28.8 Å². The number of benzene rings is 2. The van der Waals surface area contributed by atoms with Crippen LogP contribution in [0.3, 0.4) is 0 Å². The summed E-state index contributed by atoms with van der Waals surface area (Å²) in [7, 11) is 8.88. The van der Waals surface area contributed by atoms with Crippen molar-refractivity contribution in [2.24, 2.45) is 0 Å². The second-order valence-corrected chi connectivity index (χ2v) is 11.6. The lowest BCUT2D eigenvalue weighted by Crippen LogP contribution is -2.39. The van der Waals surface area contributed by atoms with Gasteiger partial charge in [0.2, 0.25) is 0 Å². The van der Waals surface area contributed by atoms with Crippen molar-refractivity contribution in [2.75, 3.05) is 44.5 Å².